The van der Waals surface area contributed by atoms with Crippen LogP contribution in [0.3, 0.4) is 0 Å². The highest BCUT2D eigenvalue weighted by Crippen LogP contribution is 2.43. The van der Waals surface area contributed by atoms with Crippen LogP contribution in [0.25, 0.3) is 17.1 Å². The van der Waals surface area contributed by atoms with Crippen LogP contribution in [0.2, 0.25) is 0 Å². The predicted octanol–water partition coefficient (Wildman–Crippen LogP) is 6.78. The molecule has 5 heteroatoms. The van der Waals surface area contributed by atoms with Gasteiger partial charge in [-0.2, -0.15) is 0 Å². The van der Waals surface area contributed by atoms with E-state index in [0.717, 1.165) is 59.1 Å². The summed E-state index contributed by atoms with van der Waals surface area (Å²) in [6.45, 7) is 13.2. The first-order valence-corrected chi connectivity index (χ1v) is 12.1. The van der Waals surface area contributed by atoms with Crippen molar-refractivity contribution in [3.8, 4) is 0 Å². The van der Waals surface area contributed by atoms with Crippen LogP contribution in [0.4, 0.5) is 10.5 Å². The van der Waals surface area contributed by atoms with Crippen molar-refractivity contribution < 1.29 is 4.79 Å². The minimum Gasteiger partial charge on any atom is -0.351 e. The third-order valence-corrected chi connectivity index (χ3v) is 7.19. The summed E-state index contributed by atoms with van der Waals surface area (Å²) < 4.78 is 2.30. The maximum atomic E-state index is 13.0. The lowest BCUT2D eigenvalue weighted by atomic mass is 9.90. The molecule has 0 saturated heterocycles. The first kappa shape index (κ1) is 23.1. The fraction of sp³-hybridized carbons (Fsp3) is 0.429. The molecule has 3 aromatic rings. The van der Waals surface area contributed by atoms with E-state index in [-0.39, 0.29) is 17.4 Å². The molecule has 0 atom stereocenters. The first-order chi connectivity index (χ1) is 15.8. The molecule has 174 valence electrons. The number of hydrogen-bond acceptors (Lipinski definition) is 2. The molecule has 0 radical (unpaired) electrons. The lowest BCUT2D eigenvalue weighted by molar-refractivity contribution is 0.245. The molecule has 1 fully saturated rings. The smallest absolute Gasteiger partial charge is 0.319 e. The summed E-state index contributed by atoms with van der Waals surface area (Å²) in [5, 5.41) is 1.09. The van der Waals surface area contributed by atoms with Crippen molar-refractivity contribution in [2.24, 2.45) is 5.73 Å². The van der Waals surface area contributed by atoms with E-state index in [4.69, 9.17) is 10.7 Å². The Balaban J connectivity index is 1.90. The zero-order valence-electron chi connectivity index (χ0n) is 20.3. The molecule has 1 aromatic carbocycles. The number of aromatic nitrogens is 2. The molecule has 1 saturated carbocycles. The summed E-state index contributed by atoms with van der Waals surface area (Å²) in [7, 11) is 0. The monoisotopic (exact) mass is 444 g/mol. The van der Waals surface area contributed by atoms with Gasteiger partial charge in [0, 0.05) is 23.3 Å². The number of pyridine rings is 1. The number of carbonyl (C=O) groups is 1. The lowest BCUT2D eigenvalue weighted by Gasteiger charge is -2.38. The summed E-state index contributed by atoms with van der Waals surface area (Å²) >= 11 is 0. The Morgan fingerprint density at radius 2 is 1.79 bits per heavy atom. The van der Waals surface area contributed by atoms with Crippen LogP contribution in [0.15, 0.2) is 49.3 Å². The molecule has 1 aliphatic rings. The molecule has 2 heterocycles. The molecule has 2 aromatic heterocycles. The fourth-order valence-corrected chi connectivity index (χ4v) is 5.50. The molecular formula is C28H36N4O. The summed E-state index contributed by atoms with van der Waals surface area (Å²) in [5.41, 5.74) is 11.2. The number of carbonyl (C=O) groups excluding carboxylic acids is 1. The summed E-state index contributed by atoms with van der Waals surface area (Å²) in [6.07, 6.45) is 10.1. The zero-order chi connectivity index (χ0) is 23.8. The number of primary amides is 1. The highest BCUT2D eigenvalue weighted by Gasteiger charge is 2.41. The Kier molecular flexibility index (Phi) is 6.33. The molecular weight excluding hydrogens is 408 g/mol. The average molecular weight is 445 g/mol. The predicted molar refractivity (Wildman–Crippen MR) is 138 cm³/mol. The van der Waals surface area contributed by atoms with E-state index in [2.05, 4.69) is 69.3 Å². The van der Waals surface area contributed by atoms with Crippen LogP contribution in [-0.2, 0) is 5.54 Å². The maximum absolute atomic E-state index is 13.0. The van der Waals surface area contributed by atoms with Crippen molar-refractivity contribution >= 4 is 28.8 Å². The van der Waals surface area contributed by atoms with E-state index in [1.165, 1.54) is 0 Å². The number of fused-ring (bicyclic) bond motifs is 1. The van der Waals surface area contributed by atoms with Crippen LogP contribution in [-0.4, -0.2) is 22.1 Å². The second kappa shape index (κ2) is 9.05. The second-order valence-corrected chi connectivity index (χ2v) is 9.98. The number of urea groups is 1. The number of rotatable bonds is 7. The van der Waals surface area contributed by atoms with Gasteiger partial charge in [-0.05, 0) is 47.9 Å². The molecule has 5 nitrogen and oxygen atoms in total. The van der Waals surface area contributed by atoms with E-state index < -0.39 is 6.03 Å². The van der Waals surface area contributed by atoms with Gasteiger partial charge >= 0.3 is 6.03 Å². The molecule has 33 heavy (non-hydrogen) atoms. The molecule has 0 spiro atoms. The van der Waals surface area contributed by atoms with Gasteiger partial charge in [-0.1, -0.05) is 71.4 Å². The minimum atomic E-state index is -0.398. The normalized spacial score (nSPS) is 15.5. The Bertz CT molecular complexity index is 1140. The van der Waals surface area contributed by atoms with Gasteiger partial charge in [0.25, 0.3) is 0 Å². The van der Waals surface area contributed by atoms with E-state index in [9.17, 15) is 4.79 Å². The van der Waals surface area contributed by atoms with Crippen molar-refractivity contribution in [3.05, 3.63) is 66.0 Å². The van der Waals surface area contributed by atoms with Crippen LogP contribution < -0.4 is 10.6 Å². The zero-order valence-corrected chi connectivity index (χ0v) is 20.3. The highest BCUT2D eigenvalue weighted by atomic mass is 16.2. The van der Waals surface area contributed by atoms with Crippen molar-refractivity contribution in [2.45, 2.75) is 70.8 Å². The minimum absolute atomic E-state index is 0.263. The van der Waals surface area contributed by atoms with Gasteiger partial charge in [0.05, 0.1) is 17.8 Å². The number of nitrogens with two attached hydrogens (primary N) is 1. The molecule has 4 rings (SSSR count). The maximum Gasteiger partial charge on any atom is 0.319 e. The van der Waals surface area contributed by atoms with E-state index in [1.807, 2.05) is 23.2 Å². The van der Waals surface area contributed by atoms with Crippen LogP contribution in [0, 0.1) is 0 Å². The Labute approximate surface area is 197 Å². The van der Waals surface area contributed by atoms with E-state index >= 15 is 0 Å². The molecule has 0 bridgehead atoms. The molecule has 2 N–H and O–H groups in total. The number of benzene rings is 1. The first-order valence-electron chi connectivity index (χ1n) is 12.1. The standard InChI is InChI=1S/C28H36N4O/c1-6-21-17-32(26-24(21)13-10-16-30-26)28(14-7-8-15-28)18-31(27(29)33)25-22(19(2)3)11-9-12-23(25)20(4)5/h6,9-13,16-17,19-20H,1,7-8,14-15,18H2,2-5H3,(H2,29,33). The van der Waals surface area contributed by atoms with Gasteiger partial charge in [-0.15, -0.1) is 0 Å². The van der Waals surface area contributed by atoms with Gasteiger partial charge in [-0.3, -0.25) is 4.90 Å². The third-order valence-electron chi connectivity index (χ3n) is 7.19. The van der Waals surface area contributed by atoms with E-state index in [1.54, 1.807) is 0 Å². The third kappa shape index (κ3) is 4.05. The fourth-order valence-electron chi connectivity index (χ4n) is 5.50. The quantitative estimate of drug-likeness (QED) is 0.436. The summed E-state index contributed by atoms with van der Waals surface area (Å²) in [6, 6.07) is 10.0. The highest BCUT2D eigenvalue weighted by molar-refractivity contribution is 5.93. The number of hydrogen-bond donors (Lipinski definition) is 1. The van der Waals surface area contributed by atoms with Gasteiger partial charge in [0.15, 0.2) is 0 Å². The van der Waals surface area contributed by atoms with Crippen molar-refractivity contribution in [1.29, 1.82) is 0 Å². The molecule has 0 unspecified atom stereocenters. The molecule has 0 aliphatic heterocycles. The summed E-state index contributed by atoms with van der Waals surface area (Å²) in [4.78, 5) is 19.6. The van der Waals surface area contributed by atoms with Crippen LogP contribution >= 0.6 is 0 Å². The average Bonchev–Trinajstić information content (AvgIpc) is 3.42. The summed E-state index contributed by atoms with van der Waals surface area (Å²) in [5.74, 6) is 0.558. The van der Waals surface area contributed by atoms with Gasteiger partial charge in [0.2, 0.25) is 0 Å². The Morgan fingerprint density at radius 3 is 2.33 bits per heavy atom. The largest absolute Gasteiger partial charge is 0.351 e. The molecule has 1 aliphatic carbocycles. The SMILES string of the molecule is C=Cc1cn(C2(CN(C(N)=O)c3c(C(C)C)cccc3C(C)C)CCCC2)c2ncccc12. The number of amides is 2. The Hall–Kier alpha value is -3.08. The lowest BCUT2D eigenvalue weighted by Crippen LogP contribution is -2.48. The number of anilines is 1. The van der Waals surface area contributed by atoms with Crippen molar-refractivity contribution in [2.75, 3.05) is 11.4 Å². The Morgan fingerprint density at radius 1 is 1.15 bits per heavy atom. The molecule has 2 amide bonds. The van der Waals surface area contributed by atoms with Gasteiger partial charge in [-0.25, -0.2) is 9.78 Å². The van der Waals surface area contributed by atoms with E-state index in [0.29, 0.717) is 6.54 Å². The topological polar surface area (TPSA) is 64.2 Å². The van der Waals surface area contributed by atoms with Gasteiger partial charge < -0.3 is 10.3 Å². The number of nitrogens with zero attached hydrogens (tertiary/aromatic N) is 3. The van der Waals surface area contributed by atoms with Crippen molar-refractivity contribution in [1.82, 2.24) is 9.55 Å². The van der Waals surface area contributed by atoms with Gasteiger partial charge in [0.1, 0.15) is 5.65 Å². The van der Waals surface area contributed by atoms with Crippen molar-refractivity contribution in [3.63, 3.8) is 0 Å². The van der Waals surface area contributed by atoms with Crippen LogP contribution in [0.5, 0.6) is 0 Å². The van der Waals surface area contributed by atoms with Crippen LogP contribution in [0.1, 0.15) is 81.9 Å². The number of para-hydroxylation sites is 1. The second-order valence-electron chi connectivity index (χ2n) is 9.98.